The smallest absolute Gasteiger partial charge is 0.346 e. The molecule has 5 heteroatoms. The first-order valence-corrected chi connectivity index (χ1v) is 8.18. The lowest BCUT2D eigenvalue weighted by atomic mass is 9.75. The molecule has 0 unspecified atom stereocenters. The van der Waals surface area contributed by atoms with Crippen molar-refractivity contribution in [1.29, 1.82) is 0 Å². The van der Waals surface area contributed by atoms with E-state index in [4.69, 9.17) is 9.47 Å². The van der Waals surface area contributed by atoms with E-state index in [9.17, 15) is 9.90 Å². The minimum Gasteiger partial charge on any atom is -0.459 e. The number of thioether (sulfide) groups is 1. The molecule has 4 nitrogen and oxygen atoms in total. The van der Waals surface area contributed by atoms with Crippen molar-refractivity contribution in [1.82, 2.24) is 0 Å². The topological polar surface area (TPSA) is 55.8 Å². The number of carbonyl (C=O) groups is 1. The summed E-state index contributed by atoms with van der Waals surface area (Å²) in [6.07, 6.45) is 2.43. The number of rotatable bonds is 3. The fourth-order valence-corrected chi connectivity index (χ4v) is 3.79. The number of aliphatic hydroxyl groups excluding tert-OH is 1. The van der Waals surface area contributed by atoms with Gasteiger partial charge in [-0.1, -0.05) is 27.2 Å². The van der Waals surface area contributed by atoms with Gasteiger partial charge in [0.15, 0.2) is 6.29 Å². The molecule has 0 aromatic carbocycles. The van der Waals surface area contributed by atoms with E-state index in [0.29, 0.717) is 23.5 Å². The van der Waals surface area contributed by atoms with Crippen LogP contribution in [0, 0.1) is 17.8 Å². The van der Waals surface area contributed by atoms with Crippen LogP contribution < -0.4 is 0 Å². The van der Waals surface area contributed by atoms with Crippen LogP contribution in [0.2, 0.25) is 0 Å². The molecule has 1 aliphatic heterocycles. The molecule has 0 bridgehead atoms. The Morgan fingerprint density at radius 1 is 1.42 bits per heavy atom. The molecule has 2 aliphatic rings. The van der Waals surface area contributed by atoms with Crippen molar-refractivity contribution in [3.63, 3.8) is 0 Å². The maximum atomic E-state index is 12.1. The van der Waals surface area contributed by atoms with Gasteiger partial charge in [-0.05, 0) is 30.6 Å². The molecule has 110 valence electrons. The summed E-state index contributed by atoms with van der Waals surface area (Å²) >= 11 is 1.31. The van der Waals surface area contributed by atoms with Crippen molar-refractivity contribution in [3.8, 4) is 0 Å². The second-order valence-corrected chi connectivity index (χ2v) is 7.15. The Hall–Kier alpha value is -0.260. The van der Waals surface area contributed by atoms with Gasteiger partial charge in [-0.2, -0.15) is 0 Å². The van der Waals surface area contributed by atoms with Crippen molar-refractivity contribution in [2.24, 2.45) is 17.8 Å². The Morgan fingerprint density at radius 3 is 2.74 bits per heavy atom. The maximum Gasteiger partial charge on any atom is 0.346 e. The average molecular weight is 288 g/mol. The van der Waals surface area contributed by atoms with Gasteiger partial charge in [0.05, 0.1) is 0 Å². The summed E-state index contributed by atoms with van der Waals surface area (Å²) in [6, 6.07) is 0. The zero-order chi connectivity index (χ0) is 14.0. The van der Waals surface area contributed by atoms with E-state index in [1.807, 2.05) is 0 Å². The van der Waals surface area contributed by atoms with Crippen LogP contribution in [0.5, 0.6) is 0 Å². The minimum atomic E-state index is -0.839. The Bertz CT molecular complexity index is 321. The second kappa shape index (κ2) is 6.46. The summed E-state index contributed by atoms with van der Waals surface area (Å²) in [4.78, 5) is 12.1. The molecule has 2 fully saturated rings. The van der Waals surface area contributed by atoms with Gasteiger partial charge in [-0.3, -0.25) is 0 Å². The molecule has 1 N–H and O–H groups in total. The van der Waals surface area contributed by atoms with Gasteiger partial charge in [0.25, 0.3) is 0 Å². The largest absolute Gasteiger partial charge is 0.459 e. The number of aliphatic hydroxyl groups is 1. The van der Waals surface area contributed by atoms with Gasteiger partial charge in [0.2, 0.25) is 5.44 Å². The fraction of sp³-hybridized carbons (Fsp3) is 0.929. The minimum absolute atomic E-state index is 0.00167. The van der Waals surface area contributed by atoms with Crippen LogP contribution in [0.4, 0.5) is 0 Å². The summed E-state index contributed by atoms with van der Waals surface area (Å²) in [5.41, 5.74) is -0.653. The zero-order valence-corrected chi connectivity index (χ0v) is 12.7. The van der Waals surface area contributed by atoms with Crippen LogP contribution in [0.1, 0.15) is 40.0 Å². The van der Waals surface area contributed by atoms with Gasteiger partial charge < -0.3 is 14.6 Å². The van der Waals surface area contributed by atoms with Crippen LogP contribution >= 0.6 is 11.8 Å². The molecule has 1 saturated carbocycles. The predicted molar refractivity (Wildman–Crippen MR) is 74.6 cm³/mol. The predicted octanol–water partition coefficient (Wildman–Crippen LogP) is 2.40. The third kappa shape index (κ3) is 3.86. The van der Waals surface area contributed by atoms with Crippen LogP contribution in [0.15, 0.2) is 0 Å². The highest BCUT2D eigenvalue weighted by Gasteiger charge is 2.37. The third-order valence-corrected chi connectivity index (χ3v) is 5.18. The molecule has 2 rings (SSSR count). The molecule has 0 spiro atoms. The molecule has 0 amide bonds. The summed E-state index contributed by atoms with van der Waals surface area (Å²) in [5.74, 6) is 1.68. The molecule has 0 radical (unpaired) electrons. The summed E-state index contributed by atoms with van der Waals surface area (Å²) in [6.45, 7) is 6.58. The monoisotopic (exact) mass is 288 g/mol. The average Bonchev–Trinajstić information content (AvgIpc) is 2.75. The van der Waals surface area contributed by atoms with E-state index < -0.39 is 11.7 Å². The van der Waals surface area contributed by atoms with E-state index in [-0.39, 0.29) is 12.1 Å². The Labute approximate surface area is 119 Å². The van der Waals surface area contributed by atoms with Gasteiger partial charge >= 0.3 is 5.97 Å². The summed E-state index contributed by atoms with van der Waals surface area (Å²) in [5, 5.41) is 9.29. The second-order valence-electron chi connectivity index (χ2n) is 6.06. The van der Waals surface area contributed by atoms with Crippen molar-refractivity contribution >= 4 is 17.7 Å². The lowest BCUT2D eigenvalue weighted by Crippen LogP contribution is -2.38. The van der Waals surface area contributed by atoms with Crippen molar-refractivity contribution in [2.75, 3.05) is 5.75 Å². The molecule has 1 aliphatic carbocycles. The van der Waals surface area contributed by atoms with E-state index in [2.05, 4.69) is 20.8 Å². The van der Waals surface area contributed by atoms with E-state index in [1.54, 1.807) is 0 Å². The number of ether oxygens (including phenoxy) is 2. The number of esters is 1. The van der Waals surface area contributed by atoms with Crippen LogP contribution in [-0.4, -0.2) is 34.7 Å². The Kier molecular flexibility index (Phi) is 5.15. The number of hydrogen-bond donors (Lipinski definition) is 1. The highest BCUT2D eigenvalue weighted by molar-refractivity contribution is 8.00. The lowest BCUT2D eigenvalue weighted by molar-refractivity contribution is -0.172. The summed E-state index contributed by atoms with van der Waals surface area (Å²) < 4.78 is 10.8. The third-order valence-electron chi connectivity index (χ3n) is 4.09. The Balaban J connectivity index is 1.92. The molecule has 19 heavy (non-hydrogen) atoms. The zero-order valence-electron chi connectivity index (χ0n) is 11.9. The molecular weight excluding hydrogens is 264 g/mol. The lowest BCUT2D eigenvalue weighted by Gasteiger charge is -2.37. The number of hydrogen-bond acceptors (Lipinski definition) is 5. The molecule has 1 saturated heterocycles. The van der Waals surface area contributed by atoms with Gasteiger partial charge in [-0.25, -0.2) is 4.79 Å². The SMILES string of the molecule is CC(C)[C@@H]1CC[C@@H](C)C[C@H]1OC(=O)[C@H]1O[C@H](O)CS1. The van der Waals surface area contributed by atoms with Crippen molar-refractivity contribution in [2.45, 2.75) is 57.9 Å². The van der Waals surface area contributed by atoms with Gasteiger partial charge in [0, 0.05) is 5.75 Å². The summed E-state index contributed by atoms with van der Waals surface area (Å²) in [7, 11) is 0. The van der Waals surface area contributed by atoms with Gasteiger partial charge in [-0.15, -0.1) is 11.8 Å². The van der Waals surface area contributed by atoms with E-state index in [1.165, 1.54) is 18.2 Å². The quantitative estimate of drug-likeness (QED) is 0.808. The van der Waals surface area contributed by atoms with E-state index in [0.717, 1.165) is 12.8 Å². The highest BCUT2D eigenvalue weighted by atomic mass is 32.2. The number of carbonyl (C=O) groups excluding carboxylic acids is 1. The molecule has 0 aromatic heterocycles. The maximum absolute atomic E-state index is 12.1. The first-order chi connectivity index (χ1) is 8.97. The van der Waals surface area contributed by atoms with Gasteiger partial charge in [0.1, 0.15) is 6.10 Å². The molecular formula is C14H24O4S. The Morgan fingerprint density at radius 2 is 2.16 bits per heavy atom. The van der Waals surface area contributed by atoms with Crippen LogP contribution in [0.25, 0.3) is 0 Å². The highest BCUT2D eigenvalue weighted by Crippen LogP contribution is 2.36. The van der Waals surface area contributed by atoms with E-state index >= 15 is 0 Å². The van der Waals surface area contributed by atoms with Crippen LogP contribution in [0.3, 0.4) is 0 Å². The normalized spacial score (nSPS) is 39.5. The molecule has 5 atom stereocenters. The molecule has 0 aromatic rings. The standard InChI is InChI=1S/C14H24O4S/c1-8(2)10-5-4-9(3)6-11(10)17-13(16)14-18-12(15)7-19-14/h8-12,14-15H,4-7H2,1-3H3/t9-,10+,11-,12+,14+/m1/s1. The first kappa shape index (κ1) is 15.1. The first-order valence-electron chi connectivity index (χ1n) is 7.13. The van der Waals surface area contributed by atoms with Crippen molar-refractivity contribution in [3.05, 3.63) is 0 Å². The van der Waals surface area contributed by atoms with Crippen molar-refractivity contribution < 1.29 is 19.4 Å². The fourth-order valence-electron chi connectivity index (χ4n) is 2.97. The molecule has 1 heterocycles. The van der Waals surface area contributed by atoms with Crippen LogP contribution in [-0.2, 0) is 14.3 Å².